The number of hydrogen-bond acceptors (Lipinski definition) is 11. The van der Waals surface area contributed by atoms with Crippen LogP contribution in [0.25, 0.3) is 5.76 Å². The van der Waals surface area contributed by atoms with Crippen LogP contribution in [0.2, 0.25) is 0 Å². The first-order chi connectivity index (χ1) is 18.2. The fourth-order valence-corrected chi connectivity index (χ4v) is 6.51. The molecule has 2 amide bonds. The molecule has 1 fully saturated rings. The third kappa shape index (κ3) is 4.15. The van der Waals surface area contributed by atoms with Crippen LogP contribution in [0.5, 0.6) is 5.75 Å². The van der Waals surface area contributed by atoms with Crippen molar-refractivity contribution < 1.29 is 39.6 Å². The van der Waals surface area contributed by atoms with Crippen molar-refractivity contribution in [1.29, 1.82) is 0 Å². The number of nitrogens with two attached hydrogens (primary N) is 1. The number of rotatable bonds is 5. The fourth-order valence-electron chi connectivity index (χ4n) is 6.06. The second-order valence-corrected chi connectivity index (χ2v) is 11.6. The highest BCUT2D eigenvalue weighted by molar-refractivity contribution is 8.13. The number of amides is 2. The van der Waals surface area contributed by atoms with E-state index < -0.39 is 69.0 Å². The number of primary amides is 1. The maximum Gasteiger partial charge on any atom is 0.283 e. The number of nitrogens with one attached hydrogen (secondary N) is 1. The number of Topliss-reactive ketones (excluding diaryl/α,β-unsaturated/α-hetero) is 2. The van der Waals surface area contributed by atoms with Crippen LogP contribution in [-0.4, -0.2) is 93.6 Å². The van der Waals surface area contributed by atoms with Gasteiger partial charge in [-0.2, -0.15) is 0 Å². The number of anilines is 2. The van der Waals surface area contributed by atoms with Gasteiger partial charge in [0.2, 0.25) is 5.78 Å². The summed E-state index contributed by atoms with van der Waals surface area (Å²) in [5.41, 5.74) is 2.51. The second-order valence-electron chi connectivity index (χ2n) is 10.3. The lowest BCUT2D eigenvalue weighted by atomic mass is 9.57. The Morgan fingerprint density at radius 3 is 2.36 bits per heavy atom. The molecule has 1 saturated carbocycles. The van der Waals surface area contributed by atoms with Crippen molar-refractivity contribution in [3.8, 4) is 5.75 Å². The zero-order valence-electron chi connectivity index (χ0n) is 22.2. The molecule has 0 radical (unpaired) electrons. The molecule has 7 N–H and O–H groups in total. The summed E-state index contributed by atoms with van der Waals surface area (Å²) in [5, 5.41) is 47.4. The maximum absolute atomic E-state index is 14.0. The molecule has 39 heavy (non-hydrogen) atoms. The molecule has 13 heteroatoms. The van der Waals surface area contributed by atoms with E-state index in [0.717, 1.165) is 11.8 Å². The molecular weight excluding hydrogens is 528 g/mol. The number of aliphatic hydroxyl groups excluding tert-OH is 2. The van der Waals surface area contributed by atoms with Gasteiger partial charge in [0, 0.05) is 31.3 Å². The van der Waals surface area contributed by atoms with Crippen LogP contribution < -0.4 is 16.0 Å². The zero-order chi connectivity index (χ0) is 29.1. The van der Waals surface area contributed by atoms with E-state index in [2.05, 4.69) is 5.32 Å². The predicted octanol–water partition coefficient (Wildman–Crippen LogP) is 1.31. The third-order valence-electron chi connectivity index (χ3n) is 7.69. The summed E-state index contributed by atoms with van der Waals surface area (Å²) < 4.78 is 0. The van der Waals surface area contributed by atoms with Crippen molar-refractivity contribution in [2.45, 2.75) is 31.4 Å². The quantitative estimate of drug-likeness (QED) is 0.225. The number of ketones is 2. The number of phenols is 1. The molecule has 0 unspecified atom stereocenters. The van der Waals surface area contributed by atoms with E-state index in [9.17, 15) is 39.6 Å². The minimum absolute atomic E-state index is 0.00891. The number of likely N-dealkylation sites (N-methyl/N-ethyl adjacent to an activating group) is 1. The third-order valence-corrected chi connectivity index (χ3v) is 8.34. The van der Waals surface area contributed by atoms with Crippen molar-refractivity contribution in [3.63, 3.8) is 0 Å². The van der Waals surface area contributed by atoms with Crippen molar-refractivity contribution in [2.24, 2.45) is 17.6 Å². The average molecular weight is 561 g/mol. The zero-order valence-corrected chi connectivity index (χ0v) is 23.0. The number of aromatic hydroxyl groups is 1. The topological polar surface area (TPSA) is 194 Å². The number of fused-ring (bicyclic) bond motifs is 3. The first-order valence-corrected chi connectivity index (χ1v) is 13.3. The van der Waals surface area contributed by atoms with Crippen LogP contribution in [0, 0.1) is 11.8 Å². The van der Waals surface area contributed by atoms with Crippen molar-refractivity contribution >= 4 is 51.6 Å². The molecule has 1 aromatic rings. The minimum Gasteiger partial charge on any atom is -0.508 e. The Kier molecular flexibility index (Phi) is 7.21. The van der Waals surface area contributed by atoms with Crippen molar-refractivity contribution in [3.05, 3.63) is 34.1 Å². The first kappa shape index (κ1) is 28.5. The molecule has 0 aliphatic heterocycles. The number of carbonyl (C=O) groups is 4. The van der Waals surface area contributed by atoms with Crippen LogP contribution in [0.1, 0.15) is 24.5 Å². The smallest absolute Gasteiger partial charge is 0.283 e. The van der Waals surface area contributed by atoms with E-state index in [4.69, 9.17) is 5.73 Å². The molecule has 0 saturated heterocycles. The molecule has 3 aliphatic carbocycles. The van der Waals surface area contributed by atoms with Gasteiger partial charge in [0.05, 0.1) is 17.3 Å². The molecule has 4 rings (SSSR count). The van der Waals surface area contributed by atoms with Crippen LogP contribution in [0.4, 0.5) is 16.2 Å². The lowest BCUT2D eigenvalue weighted by Gasteiger charge is -2.50. The Balaban J connectivity index is 1.97. The van der Waals surface area contributed by atoms with Crippen LogP contribution in [-0.2, 0) is 20.8 Å². The molecule has 210 valence electrons. The van der Waals surface area contributed by atoms with Crippen LogP contribution >= 0.6 is 11.8 Å². The summed E-state index contributed by atoms with van der Waals surface area (Å²) in [4.78, 5) is 54.7. The second kappa shape index (κ2) is 9.88. The summed E-state index contributed by atoms with van der Waals surface area (Å²) in [5.74, 6) is -6.78. The van der Waals surface area contributed by atoms with E-state index >= 15 is 0 Å². The monoisotopic (exact) mass is 560 g/mol. The summed E-state index contributed by atoms with van der Waals surface area (Å²) >= 11 is 0.985. The van der Waals surface area contributed by atoms with Crippen LogP contribution in [0.15, 0.2) is 23.0 Å². The highest BCUT2D eigenvalue weighted by atomic mass is 32.2. The molecule has 0 bridgehead atoms. The lowest BCUT2D eigenvalue weighted by Crippen LogP contribution is -2.65. The van der Waals surface area contributed by atoms with Gasteiger partial charge in [-0.1, -0.05) is 18.7 Å². The first-order valence-electron chi connectivity index (χ1n) is 12.3. The average Bonchev–Trinajstić information content (AvgIpc) is 2.82. The van der Waals surface area contributed by atoms with Gasteiger partial charge < -0.3 is 36.4 Å². The van der Waals surface area contributed by atoms with Crippen molar-refractivity contribution in [2.75, 3.05) is 44.2 Å². The molecule has 12 nitrogen and oxygen atoms in total. The SMILES string of the molecule is CCSC(=O)Nc1cc(N(C)C)c2c(c1O)C(O)=C1C(=O)[C@]3(O)C(O)=C(C(N)=O)C(=O)[C@@H](N(C)C)[C@@H]3C[C@@H]1C2. The van der Waals surface area contributed by atoms with Gasteiger partial charge in [0.15, 0.2) is 17.1 Å². The molecule has 0 spiro atoms. The van der Waals surface area contributed by atoms with Crippen LogP contribution in [0.3, 0.4) is 0 Å². The lowest BCUT2D eigenvalue weighted by molar-refractivity contribution is -0.153. The summed E-state index contributed by atoms with van der Waals surface area (Å²) in [6, 6.07) is 0.417. The fraction of sp³-hybridized carbons (Fsp3) is 0.462. The molecular formula is C26H32N4O8S. The van der Waals surface area contributed by atoms with Gasteiger partial charge in [-0.15, -0.1) is 0 Å². The number of thioether (sulfide) groups is 1. The number of benzene rings is 1. The molecule has 4 atom stereocenters. The highest BCUT2D eigenvalue weighted by Gasteiger charge is 2.64. The Bertz CT molecular complexity index is 1370. The summed E-state index contributed by atoms with van der Waals surface area (Å²) in [6.07, 6.45) is 0.137. The molecule has 3 aliphatic rings. The summed E-state index contributed by atoms with van der Waals surface area (Å²) in [6.45, 7) is 1.79. The minimum atomic E-state index is -2.71. The number of phenolic OH excluding ortho intramolecular Hbond substituents is 1. The Labute approximate surface area is 229 Å². The number of nitrogens with zero attached hydrogens (tertiary/aromatic N) is 2. The van der Waals surface area contributed by atoms with E-state index in [0.29, 0.717) is 17.0 Å². The number of carbonyl (C=O) groups excluding carboxylic acids is 4. The van der Waals surface area contributed by atoms with E-state index in [1.807, 2.05) is 0 Å². The van der Waals surface area contributed by atoms with Crippen molar-refractivity contribution in [1.82, 2.24) is 4.90 Å². The highest BCUT2D eigenvalue weighted by Crippen LogP contribution is 2.54. The summed E-state index contributed by atoms with van der Waals surface area (Å²) in [7, 11) is 6.58. The Hall–Kier alpha value is -3.55. The van der Waals surface area contributed by atoms with Gasteiger partial charge in [0.25, 0.3) is 11.1 Å². The van der Waals surface area contributed by atoms with E-state index in [1.54, 1.807) is 46.1 Å². The maximum atomic E-state index is 14.0. The standard InChI is InChI=1S/C26H32N4O8S/c1-6-39-25(37)28-13-9-14(29(2)3)11-7-10-8-12-18(30(4)5)21(33)17(24(27)36)23(35)26(12,38)22(34)15(10)20(32)16(11)19(13)31/h9-10,12,18,31-32,35,38H,6-8H2,1-5H3,(H2,27,36)(H,28,37)/t10-,12-,18-,26-/m0/s1. The van der Waals surface area contributed by atoms with Gasteiger partial charge in [-0.3, -0.25) is 24.1 Å². The molecule has 0 aromatic heterocycles. The van der Waals surface area contributed by atoms with Gasteiger partial charge >= 0.3 is 0 Å². The largest absolute Gasteiger partial charge is 0.508 e. The Morgan fingerprint density at radius 2 is 1.82 bits per heavy atom. The number of aliphatic hydroxyl groups is 3. The molecule has 1 aromatic carbocycles. The van der Waals surface area contributed by atoms with Gasteiger partial charge in [-0.25, -0.2) is 0 Å². The predicted molar refractivity (Wildman–Crippen MR) is 146 cm³/mol. The van der Waals surface area contributed by atoms with Gasteiger partial charge in [-0.05, 0) is 50.2 Å². The van der Waals surface area contributed by atoms with E-state index in [-0.39, 0.29) is 29.7 Å². The Morgan fingerprint density at radius 1 is 1.18 bits per heavy atom. The normalized spacial score (nSPS) is 26.3. The van der Waals surface area contributed by atoms with E-state index in [1.165, 1.54) is 4.90 Å². The van der Waals surface area contributed by atoms with Gasteiger partial charge in [0.1, 0.15) is 17.1 Å². The number of hydrogen-bond donors (Lipinski definition) is 6. The molecule has 0 heterocycles.